The zero-order valence-electron chi connectivity index (χ0n) is 13.0. The molecule has 0 aliphatic rings. The molecule has 0 atom stereocenters. The van der Waals surface area contributed by atoms with Gasteiger partial charge in [0.2, 0.25) is 0 Å². The second-order valence-corrected chi connectivity index (χ2v) is 6.50. The highest BCUT2D eigenvalue weighted by Crippen LogP contribution is 2.24. The third-order valence-electron chi connectivity index (χ3n) is 3.24. The minimum absolute atomic E-state index is 0.0555. The van der Waals surface area contributed by atoms with Gasteiger partial charge >= 0.3 is 0 Å². The molecule has 116 valence electrons. The molecule has 0 spiro atoms. The molecule has 2 rings (SSSR count). The molecule has 22 heavy (non-hydrogen) atoms. The van der Waals surface area contributed by atoms with Crippen molar-refractivity contribution in [2.75, 3.05) is 11.9 Å². The Bertz CT molecular complexity index is 645. The Morgan fingerprint density at radius 3 is 2.32 bits per heavy atom. The number of para-hydroxylation sites is 1. The summed E-state index contributed by atoms with van der Waals surface area (Å²) in [5.41, 5.74) is 1.90. The van der Waals surface area contributed by atoms with Crippen molar-refractivity contribution in [3.63, 3.8) is 0 Å². The van der Waals surface area contributed by atoms with Crippen molar-refractivity contribution in [2.24, 2.45) is 0 Å². The lowest BCUT2D eigenvalue weighted by Crippen LogP contribution is -2.20. The van der Waals surface area contributed by atoms with Crippen LogP contribution in [0, 0.1) is 0 Å². The van der Waals surface area contributed by atoms with E-state index >= 15 is 0 Å². The van der Waals surface area contributed by atoms with Crippen molar-refractivity contribution in [1.29, 1.82) is 0 Å². The minimum atomic E-state index is -0.243. The van der Waals surface area contributed by atoms with Gasteiger partial charge in [0.05, 0.1) is 10.7 Å². The average molecular weight is 318 g/mol. The highest BCUT2D eigenvalue weighted by molar-refractivity contribution is 6.33. The molecule has 2 aromatic rings. The summed E-state index contributed by atoms with van der Waals surface area (Å²) in [5.74, 6) is 0.426. The molecule has 0 heterocycles. The molecule has 0 fully saturated rings. The van der Waals surface area contributed by atoms with Gasteiger partial charge < -0.3 is 10.1 Å². The minimum Gasteiger partial charge on any atom is -0.484 e. The van der Waals surface area contributed by atoms with Gasteiger partial charge in [-0.3, -0.25) is 4.79 Å². The molecule has 0 aromatic heterocycles. The standard InChI is InChI=1S/C18H20ClNO2/c1-18(2,3)13-8-10-14(11-9-13)22-12-17(21)20-16-7-5-4-6-15(16)19/h4-11H,12H2,1-3H3,(H,20,21). The normalized spacial score (nSPS) is 11.1. The summed E-state index contributed by atoms with van der Waals surface area (Å²) in [7, 11) is 0. The summed E-state index contributed by atoms with van der Waals surface area (Å²) in [6, 6.07) is 14.9. The second-order valence-electron chi connectivity index (χ2n) is 6.09. The van der Waals surface area contributed by atoms with E-state index in [0.717, 1.165) is 0 Å². The largest absolute Gasteiger partial charge is 0.484 e. The van der Waals surface area contributed by atoms with E-state index in [1.165, 1.54) is 5.56 Å². The molecule has 0 radical (unpaired) electrons. The predicted molar refractivity (Wildman–Crippen MR) is 90.7 cm³/mol. The lowest BCUT2D eigenvalue weighted by molar-refractivity contribution is -0.118. The van der Waals surface area contributed by atoms with Crippen molar-refractivity contribution >= 4 is 23.2 Å². The lowest BCUT2D eigenvalue weighted by atomic mass is 9.87. The number of carbonyl (C=O) groups is 1. The van der Waals surface area contributed by atoms with Crippen molar-refractivity contribution in [2.45, 2.75) is 26.2 Å². The van der Waals surface area contributed by atoms with Crippen LogP contribution in [0.2, 0.25) is 5.02 Å². The maximum atomic E-state index is 11.9. The van der Waals surface area contributed by atoms with Crippen LogP contribution in [0.5, 0.6) is 5.75 Å². The fourth-order valence-electron chi connectivity index (χ4n) is 1.95. The number of amides is 1. The van der Waals surface area contributed by atoms with E-state index in [1.807, 2.05) is 36.4 Å². The van der Waals surface area contributed by atoms with Gasteiger partial charge in [-0.2, -0.15) is 0 Å². The van der Waals surface area contributed by atoms with Gasteiger partial charge in [0.15, 0.2) is 6.61 Å². The molecule has 0 saturated heterocycles. The van der Waals surface area contributed by atoms with Crippen LogP contribution in [0.3, 0.4) is 0 Å². The first kappa shape index (κ1) is 16.4. The van der Waals surface area contributed by atoms with Gasteiger partial charge in [-0.1, -0.05) is 56.6 Å². The summed E-state index contributed by atoms with van der Waals surface area (Å²) < 4.78 is 5.49. The average Bonchev–Trinajstić information content (AvgIpc) is 2.47. The Morgan fingerprint density at radius 2 is 1.73 bits per heavy atom. The Hall–Kier alpha value is -2.00. The lowest BCUT2D eigenvalue weighted by Gasteiger charge is -2.19. The molecule has 0 saturated carbocycles. The van der Waals surface area contributed by atoms with E-state index in [1.54, 1.807) is 12.1 Å². The summed E-state index contributed by atoms with van der Waals surface area (Å²) in [6.45, 7) is 6.40. The fraction of sp³-hybridized carbons (Fsp3) is 0.278. The highest BCUT2D eigenvalue weighted by atomic mass is 35.5. The number of anilines is 1. The number of rotatable bonds is 4. The van der Waals surface area contributed by atoms with Crippen molar-refractivity contribution in [3.8, 4) is 5.75 Å². The molecule has 1 N–H and O–H groups in total. The maximum absolute atomic E-state index is 11.9. The molecular formula is C18H20ClNO2. The highest BCUT2D eigenvalue weighted by Gasteiger charge is 2.13. The number of ether oxygens (including phenoxy) is 1. The number of benzene rings is 2. The SMILES string of the molecule is CC(C)(C)c1ccc(OCC(=O)Nc2ccccc2Cl)cc1. The zero-order valence-corrected chi connectivity index (χ0v) is 13.8. The van der Waals surface area contributed by atoms with E-state index < -0.39 is 0 Å². The molecule has 0 unspecified atom stereocenters. The van der Waals surface area contributed by atoms with Gasteiger partial charge in [0.1, 0.15) is 5.75 Å². The van der Waals surface area contributed by atoms with E-state index in [0.29, 0.717) is 16.5 Å². The monoisotopic (exact) mass is 317 g/mol. The van der Waals surface area contributed by atoms with Crippen LogP contribution in [-0.4, -0.2) is 12.5 Å². The first-order valence-electron chi connectivity index (χ1n) is 7.14. The third kappa shape index (κ3) is 4.50. The molecule has 0 aliphatic carbocycles. The van der Waals surface area contributed by atoms with E-state index in [4.69, 9.17) is 16.3 Å². The van der Waals surface area contributed by atoms with Crippen LogP contribution in [0.15, 0.2) is 48.5 Å². The summed E-state index contributed by atoms with van der Waals surface area (Å²) in [5, 5.41) is 3.23. The molecular weight excluding hydrogens is 298 g/mol. The van der Waals surface area contributed by atoms with Crippen LogP contribution in [-0.2, 0) is 10.2 Å². The summed E-state index contributed by atoms with van der Waals surface area (Å²) in [4.78, 5) is 11.9. The van der Waals surface area contributed by atoms with E-state index in [-0.39, 0.29) is 17.9 Å². The van der Waals surface area contributed by atoms with E-state index in [9.17, 15) is 4.79 Å². The fourth-order valence-corrected chi connectivity index (χ4v) is 2.13. The first-order valence-corrected chi connectivity index (χ1v) is 7.52. The Morgan fingerprint density at radius 1 is 1.09 bits per heavy atom. The van der Waals surface area contributed by atoms with Crippen molar-refractivity contribution in [3.05, 3.63) is 59.1 Å². The van der Waals surface area contributed by atoms with Crippen LogP contribution >= 0.6 is 11.6 Å². The third-order valence-corrected chi connectivity index (χ3v) is 3.57. The quantitative estimate of drug-likeness (QED) is 0.891. The number of hydrogen-bond donors (Lipinski definition) is 1. The predicted octanol–water partition coefficient (Wildman–Crippen LogP) is 4.66. The van der Waals surface area contributed by atoms with Crippen molar-refractivity contribution < 1.29 is 9.53 Å². The Kier molecular flexibility index (Phi) is 5.09. The summed E-state index contributed by atoms with van der Waals surface area (Å²) >= 11 is 5.99. The van der Waals surface area contributed by atoms with Gasteiger partial charge in [0, 0.05) is 0 Å². The molecule has 0 aliphatic heterocycles. The van der Waals surface area contributed by atoms with Crippen LogP contribution in [0.4, 0.5) is 5.69 Å². The van der Waals surface area contributed by atoms with Crippen molar-refractivity contribution in [1.82, 2.24) is 0 Å². The number of nitrogens with one attached hydrogen (secondary N) is 1. The second kappa shape index (κ2) is 6.84. The van der Waals surface area contributed by atoms with Crippen LogP contribution in [0.25, 0.3) is 0 Å². The van der Waals surface area contributed by atoms with E-state index in [2.05, 4.69) is 26.1 Å². The molecule has 3 nitrogen and oxygen atoms in total. The van der Waals surface area contributed by atoms with Gasteiger partial charge in [0.25, 0.3) is 5.91 Å². The molecule has 1 amide bonds. The van der Waals surface area contributed by atoms with Gasteiger partial charge in [-0.05, 0) is 35.2 Å². The molecule has 0 bridgehead atoms. The van der Waals surface area contributed by atoms with Gasteiger partial charge in [-0.15, -0.1) is 0 Å². The number of hydrogen-bond acceptors (Lipinski definition) is 2. The number of carbonyl (C=O) groups excluding carboxylic acids is 1. The maximum Gasteiger partial charge on any atom is 0.262 e. The number of halogens is 1. The molecule has 2 aromatic carbocycles. The first-order chi connectivity index (χ1) is 10.4. The topological polar surface area (TPSA) is 38.3 Å². The summed E-state index contributed by atoms with van der Waals surface area (Å²) in [6.07, 6.45) is 0. The smallest absolute Gasteiger partial charge is 0.262 e. The molecule has 4 heteroatoms. The Labute approximate surface area is 136 Å². The Balaban J connectivity index is 1.90. The van der Waals surface area contributed by atoms with Crippen LogP contribution in [0.1, 0.15) is 26.3 Å². The zero-order chi connectivity index (χ0) is 16.2. The van der Waals surface area contributed by atoms with Gasteiger partial charge in [-0.25, -0.2) is 0 Å². The van der Waals surface area contributed by atoms with Crippen LogP contribution < -0.4 is 10.1 Å².